The van der Waals surface area contributed by atoms with Crippen LogP contribution in [0.5, 0.6) is 5.88 Å². The van der Waals surface area contributed by atoms with Gasteiger partial charge in [-0.05, 0) is 19.4 Å². The second-order valence-electron chi connectivity index (χ2n) is 4.35. The Morgan fingerprint density at radius 3 is 2.89 bits per heavy atom. The van der Waals surface area contributed by atoms with Gasteiger partial charge in [0.1, 0.15) is 0 Å². The van der Waals surface area contributed by atoms with Crippen molar-refractivity contribution in [3.63, 3.8) is 0 Å². The zero-order chi connectivity index (χ0) is 13.8. The SMILES string of the molecule is CCC(C)Oc1cc(C(N)=NO)c2ccccc2n1. The number of pyridine rings is 1. The summed E-state index contributed by atoms with van der Waals surface area (Å²) < 4.78 is 5.70. The Morgan fingerprint density at radius 2 is 2.21 bits per heavy atom. The minimum Gasteiger partial charge on any atom is -0.475 e. The van der Waals surface area contributed by atoms with Crippen LogP contribution in [0, 0.1) is 0 Å². The molecule has 19 heavy (non-hydrogen) atoms. The summed E-state index contributed by atoms with van der Waals surface area (Å²) in [5.41, 5.74) is 7.08. The van der Waals surface area contributed by atoms with Gasteiger partial charge in [-0.2, -0.15) is 0 Å². The molecule has 2 rings (SSSR count). The summed E-state index contributed by atoms with van der Waals surface area (Å²) in [4.78, 5) is 4.43. The normalized spacial score (nSPS) is 13.5. The van der Waals surface area contributed by atoms with Gasteiger partial charge in [0, 0.05) is 17.0 Å². The Labute approximate surface area is 111 Å². The highest BCUT2D eigenvalue weighted by Gasteiger charge is 2.11. The van der Waals surface area contributed by atoms with Crippen molar-refractivity contribution in [3.8, 4) is 5.88 Å². The molecule has 5 nitrogen and oxygen atoms in total. The molecule has 0 aliphatic rings. The van der Waals surface area contributed by atoms with Crippen molar-refractivity contribution in [2.24, 2.45) is 10.9 Å². The molecule has 1 heterocycles. The number of ether oxygens (including phenoxy) is 1. The maximum atomic E-state index is 8.87. The molecular weight excluding hydrogens is 242 g/mol. The molecule has 5 heteroatoms. The van der Waals surface area contributed by atoms with Crippen LogP contribution in [-0.4, -0.2) is 22.1 Å². The summed E-state index contributed by atoms with van der Waals surface area (Å²) in [5.74, 6) is 0.530. The smallest absolute Gasteiger partial charge is 0.214 e. The Hall–Kier alpha value is -2.30. The lowest BCUT2D eigenvalue weighted by molar-refractivity contribution is 0.209. The number of para-hydroxylation sites is 1. The first-order chi connectivity index (χ1) is 9.15. The maximum absolute atomic E-state index is 8.87. The molecular formula is C14H17N3O2. The first kappa shape index (κ1) is 13.1. The fraction of sp³-hybridized carbons (Fsp3) is 0.286. The van der Waals surface area contributed by atoms with Crippen molar-refractivity contribution in [2.75, 3.05) is 0 Å². The van der Waals surface area contributed by atoms with Crippen LogP contribution in [0.25, 0.3) is 10.9 Å². The maximum Gasteiger partial charge on any atom is 0.214 e. The monoisotopic (exact) mass is 259 g/mol. The fourth-order valence-electron chi connectivity index (χ4n) is 1.77. The molecule has 1 unspecified atom stereocenters. The molecule has 0 bridgehead atoms. The number of nitrogens with two attached hydrogens (primary N) is 1. The molecule has 100 valence electrons. The van der Waals surface area contributed by atoms with Crippen LogP contribution in [0.1, 0.15) is 25.8 Å². The van der Waals surface area contributed by atoms with Gasteiger partial charge in [0.2, 0.25) is 5.88 Å². The van der Waals surface area contributed by atoms with E-state index in [-0.39, 0.29) is 11.9 Å². The van der Waals surface area contributed by atoms with Crippen LogP contribution in [0.3, 0.4) is 0 Å². The van der Waals surface area contributed by atoms with E-state index < -0.39 is 0 Å². The molecule has 0 amide bonds. The van der Waals surface area contributed by atoms with Crippen LogP contribution < -0.4 is 10.5 Å². The quantitative estimate of drug-likeness (QED) is 0.382. The number of amidine groups is 1. The topological polar surface area (TPSA) is 80.7 Å². The molecule has 0 aliphatic heterocycles. The Morgan fingerprint density at radius 1 is 1.47 bits per heavy atom. The molecule has 0 radical (unpaired) electrons. The highest BCUT2D eigenvalue weighted by atomic mass is 16.5. The first-order valence-electron chi connectivity index (χ1n) is 6.20. The standard InChI is InChI=1S/C14H17N3O2/c1-3-9(2)19-13-8-11(14(15)17-18)10-6-4-5-7-12(10)16-13/h4-9,18H,3H2,1-2H3,(H2,15,17). The molecule has 1 aromatic heterocycles. The molecule has 0 saturated heterocycles. The summed E-state index contributed by atoms with van der Waals surface area (Å²) >= 11 is 0. The van der Waals surface area contributed by atoms with Crippen LogP contribution in [0.2, 0.25) is 0 Å². The Bertz CT molecular complexity index is 611. The van der Waals surface area contributed by atoms with Crippen LogP contribution >= 0.6 is 0 Å². The predicted octanol–water partition coefficient (Wildman–Crippen LogP) is 2.51. The number of oxime groups is 1. The molecule has 0 fully saturated rings. The van der Waals surface area contributed by atoms with Crippen LogP contribution in [-0.2, 0) is 0 Å². The third kappa shape index (κ3) is 2.76. The van der Waals surface area contributed by atoms with Crippen molar-refractivity contribution in [3.05, 3.63) is 35.9 Å². The number of nitrogens with zero attached hydrogens (tertiary/aromatic N) is 2. The number of benzene rings is 1. The Balaban J connectivity index is 2.57. The van der Waals surface area contributed by atoms with E-state index in [1.807, 2.05) is 38.1 Å². The van der Waals surface area contributed by atoms with Crippen molar-refractivity contribution in [1.82, 2.24) is 4.98 Å². The Kier molecular flexibility index (Phi) is 3.85. The molecule has 0 aliphatic carbocycles. The zero-order valence-corrected chi connectivity index (χ0v) is 11.0. The summed E-state index contributed by atoms with van der Waals surface area (Å²) in [7, 11) is 0. The van der Waals surface area contributed by atoms with Gasteiger partial charge in [0.15, 0.2) is 5.84 Å². The van der Waals surface area contributed by atoms with E-state index in [1.54, 1.807) is 6.07 Å². The second kappa shape index (κ2) is 5.56. The lowest BCUT2D eigenvalue weighted by Crippen LogP contribution is -2.16. The highest BCUT2D eigenvalue weighted by Crippen LogP contribution is 2.22. The third-order valence-electron chi connectivity index (χ3n) is 2.97. The van der Waals surface area contributed by atoms with Gasteiger partial charge in [0.05, 0.1) is 11.6 Å². The predicted molar refractivity (Wildman–Crippen MR) is 74.6 cm³/mol. The van der Waals surface area contributed by atoms with E-state index >= 15 is 0 Å². The van der Waals surface area contributed by atoms with Crippen molar-refractivity contribution in [2.45, 2.75) is 26.4 Å². The summed E-state index contributed by atoms with van der Waals surface area (Å²) in [6.45, 7) is 4.01. The van der Waals surface area contributed by atoms with Gasteiger partial charge in [-0.1, -0.05) is 30.3 Å². The summed E-state index contributed by atoms with van der Waals surface area (Å²) in [6.07, 6.45) is 0.946. The van der Waals surface area contributed by atoms with E-state index in [4.69, 9.17) is 15.7 Å². The van der Waals surface area contributed by atoms with Gasteiger partial charge in [-0.3, -0.25) is 0 Å². The van der Waals surface area contributed by atoms with Crippen molar-refractivity contribution < 1.29 is 9.94 Å². The minimum absolute atomic E-state index is 0.0487. The van der Waals surface area contributed by atoms with E-state index in [0.717, 1.165) is 17.3 Å². The van der Waals surface area contributed by atoms with E-state index in [0.29, 0.717) is 11.4 Å². The van der Waals surface area contributed by atoms with Crippen molar-refractivity contribution in [1.29, 1.82) is 0 Å². The average molecular weight is 259 g/mol. The minimum atomic E-state index is 0.0487. The molecule has 0 saturated carbocycles. The van der Waals surface area contributed by atoms with E-state index in [2.05, 4.69) is 10.1 Å². The zero-order valence-electron chi connectivity index (χ0n) is 11.0. The summed E-state index contributed by atoms with van der Waals surface area (Å²) in [5, 5.41) is 12.8. The van der Waals surface area contributed by atoms with Gasteiger partial charge >= 0.3 is 0 Å². The van der Waals surface area contributed by atoms with E-state index in [1.165, 1.54) is 0 Å². The second-order valence-corrected chi connectivity index (χ2v) is 4.35. The summed E-state index contributed by atoms with van der Waals surface area (Å²) in [6, 6.07) is 9.21. The lowest BCUT2D eigenvalue weighted by atomic mass is 10.1. The molecule has 1 aromatic carbocycles. The first-order valence-corrected chi connectivity index (χ1v) is 6.20. The number of hydrogen-bond donors (Lipinski definition) is 2. The number of rotatable bonds is 4. The molecule has 0 spiro atoms. The largest absolute Gasteiger partial charge is 0.475 e. The number of aromatic nitrogens is 1. The van der Waals surface area contributed by atoms with Gasteiger partial charge in [-0.25, -0.2) is 4.98 Å². The highest BCUT2D eigenvalue weighted by molar-refractivity contribution is 6.08. The van der Waals surface area contributed by atoms with Crippen LogP contribution in [0.4, 0.5) is 0 Å². The molecule has 2 aromatic rings. The fourth-order valence-corrected chi connectivity index (χ4v) is 1.77. The van der Waals surface area contributed by atoms with Gasteiger partial charge < -0.3 is 15.7 Å². The van der Waals surface area contributed by atoms with Gasteiger partial charge in [-0.15, -0.1) is 0 Å². The third-order valence-corrected chi connectivity index (χ3v) is 2.97. The van der Waals surface area contributed by atoms with Crippen molar-refractivity contribution >= 4 is 16.7 Å². The van der Waals surface area contributed by atoms with E-state index in [9.17, 15) is 0 Å². The molecule has 3 N–H and O–H groups in total. The average Bonchev–Trinajstić information content (AvgIpc) is 2.45. The van der Waals surface area contributed by atoms with Gasteiger partial charge in [0.25, 0.3) is 0 Å². The number of hydrogen-bond acceptors (Lipinski definition) is 4. The molecule has 1 atom stereocenters. The lowest BCUT2D eigenvalue weighted by Gasteiger charge is -2.13. The van der Waals surface area contributed by atoms with Crippen LogP contribution in [0.15, 0.2) is 35.5 Å². The number of fused-ring (bicyclic) bond motifs is 1.